The molecular formula is C22H32N6. The van der Waals surface area contributed by atoms with E-state index >= 15 is 0 Å². The molecule has 2 aromatic rings. The molecule has 1 aliphatic heterocycles. The number of rotatable bonds is 7. The normalized spacial score (nSPS) is 15.5. The van der Waals surface area contributed by atoms with E-state index in [4.69, 9.17) is 0 Å². The number of benzene rings is 1. The number of hydrogen-bond donors (Lipinski definition) is 2. The fraction of sp³-hybridized carbons (Fsp3) is 0.455. The highest BCUT2D eigenvalue weighted by Crippen LogP contribution is 2.15. The molecule has 0 radical (unpaired) electrons. The molecule has 6 nitrogen and oxygen atoms in total. The van der Waals surface area contributed by atoms with Crippen LogP contribution in [0.4, 0.5) is 5.82 Å². The van der Waals surface area contributed by atoms with E-state index in [1.165, 1.54) is 11.1 Å². The average Bonchev–Trinajstić information content (AvgIpc) is 2.77. The fourth-order valence-corrected chi connectivity index (χ4v) is 3.41. The molecular weight excluding hydrogens is 348 g/mol. The molecule has 0 bridgehead atoms. The van der Waals surface area contributed by atoms with Gasteiger partial charge in [0.25, 0.3) is 0 Å². The third-order valence-corrected chi connectivity index (χ3v) is 5.19. The average molecular weight is 381 g/mol. The summed E-state index contributed by atoms with van der Waals surface area (Å²) in [5.74, 6) is 1.90. The van der Waals surface area contributed by atoms with Gasteiger partial charge in [-0.05, 0) is 36.2 Å². The van der Waals surface area contributed by atoms with Crippen LogP contribution in [-0.4, -0.2) is 62.2 Å². The van der Waals surface area contributed by atoms with Crippen LogP contribution in [0.2, 0.25) is 0 Å². The maximum atomic E-state index is 4.58. The molecule has 2 heterocycles. The number of anilines is 1. The third-order valence-electron chi connectivity index (χ3n) is 5.19. The molecule has 0 atom stereocenters. The number of aliphatic imine (C=N–C) groups is 1. The second kappa shape index (κ2) is 10.7. The van der Waals surface area contributed by atoms with Crippen LogP contribution in [0.15, 0.2) is 53.7 Å². The molecule has 3 rings (SSSR count). The van der Waals surface area contributed by atoms with Gasteiger partial charge in [-0.1, -0.05) is 37.3 Å². The first kappa shape index (κ1) is 20.1. The van der Waals surface area contributed by atoms with Crippen molar-refractivity contribution in [3.05, 3.63) is 59.8 Å². The maximum Gasteiger partial charge on any atom is 0.191 e. The van der Waals surface area contributed by atoms with Crippen LogP contribution < -0.4 is 15.5 Å². The maximum absolute atomic E-state index is 4.58. The predicted molar refractivity (Wildman–Crippen MR) is 117 cm³/mol. The van der Waals surface area contributed by atoms with E-state index < -0.39 is 0 Å². The summed E-state index contributed by atoms with van der Waals surface area (Å²) in [7, 11) is 1.81. The van der Waals surface area contributed by atoms with Crippen molar-refractivity contribution in [3.8, 4) is 0 Å². The zero-order valence-electron chi connectivity index (χ0n) is 17.1. The topological polar surface area (TPSA) is 55.8 Å². The summed E-state index contributed by atoms with van der Waals surface area (Å²) in [6, 6.07) is 14.7. The standard InChI is InChI=1S/C22H32N6/c1-3-27-13-15-28(16-14-27)21-17-20(10-11-24-21)18-26-22(23-2)25-12-9-19-7-5-4-6-8-19/h4-8,10-11,17H,3,9,12-16,18H2,1-2H3,(H2,23,25,26). The van der Waals surface area contributed by atoms with Crippen molar-refractivity contribution < 1.29 is 0 Å². The largest absolute Gasteiger partial charge is 0.356 e. The zero-order valence-corrected chi connectivity index (χ0v) is 17.1. The van der Waals surface area contributed by atoms with E-state index in [0.29, 0.717) is 0 Å². The van der Waals surface area contributed by atoms with E-state index in [1.807, 2.05) is 19.3 Å². The Balaban J connectivity index is 1.46. The molecule has 150 valence electrons. The second-order valence-corrected chi connectivity index (χ2v) is 7.03. The van der Waals surface area contributed by atoms with Gasteiger partial charge in [0.15, 0.2) is 5.96 Å². The molecule has 0 saturated carbocycles. The lowest BCUT2D eigenvalue weighted by atomic mass is 10.1. The molecule has 1 aromatic heterocycles. The van der Waals surface area contributed by atoms with Crippen molar-refractivity contribution >= 4 is 11.8 Å². The summed E-state index contributed by atoms with van der Waals surface area (Å²) in [4.78, 5) is 13.8. The first-order valence-electron chi connectivity index (χ1n) is 10.2. The Labute approximate surface area is 168 Å². The van der Waals surface area contributed by atoms with E-state index in [9.17, 15) is 0 Å². The number of nitrogens with zero attached hydrogens (tertiary/aromatic N) is 4. The van der Waals surface area contributed by atoms with Gasteiger partial charge in [-0.2, -0.15) is 0 Å². The number of nitrogens with one attached hydrogen (secondary N) is 2. The van der Waals surface area contributed by atoms with Crippen molar-refractivity contribution in [2.75, 3.05) is 51.2 Å². The molecule has 6 heteroatoms. The third kappa shape index (κ3) is 5.96. The minimum absolute atomic E-state index is 0.732. The number of hydrogen-bond acceptors (Lipinski definition) is 4. The van der Waals surface area contributed by atoms with Crippen molar-refractivity contribution in [1.82, 2.24) is 20.5 Å². The van der Waals surface area contributed by atoms with Crippen LogP contribution in [0.1, 0.15) is 18.1 Å². The Morgan fingerprint density at radius 1 is 1.04 bits per heavy atom. The van der Waals surface area contributed by atoms with Gasteiger partial charge >= 0.3 is 0 Å². The van der Waals surface area contributed by atoms with Gasteiger partial charge in [0.05, 0.1) is 0 Å². The Hall–Kier alpha value is -2.60. The fourth-order valence-electron chi connectivity index (χ4n) is 3.41. The summed E-state index contributed by atoms with van der Waals surface area (Å²) in [6.07, 6.45) is 2.88. The van der Waals surface area contributed by atoms with Crippen LogP contribution in [-0.2, 0) is 13.0 Å². The van der Waals surface area contributed by atoms with Crippen molar-refractivity contribution in [1.29, 1.82) is 0 Å². The first-order chi connectivity index (χ1) is 13.8. The molecule has 1 saturated heterocycles. The minimum atomic E-state index is 0.732. The number of piperazine rings is 1. The van der Waals surface area contributed by atoms with Crippen LogP contribution in [0.5, 0.6) is 0 Å². The lowest BCUT2D eigenvalue weighted by Crippen LogP contribution is -2.46. The van der Waals surface area contributed by atoms with Crippen LogP contribution in [0.3, 0.4) is 0 Å². The molecule has 2 N–H and O–H groups in total. The Morgan fingerprint density at radius 2 is 1.82 bits per heavy atom. The lowest BCUT2D eigenvalue weighted by Gasteiger charge is -2.34. The summed E-state index contributed by atoms with van der Waals surface area (Å²) >= 11 is 0. The lowest BCUT2D eigenvalue weighted by molar-refractivity contribution is 0.270. The van der Waals surface area contributed by atoms with Crippen molar-refractivity contribution in [2.24, 2.45) is 4.99 Å². The van der Waals surface area contributed by atoms with E-state index in [-0.39, 0.29) is 0 Å². The van der Waals surface area contributed by atoms with Crippen LogP contribution in [0, 0.1) is 0 Å². The molecule has 28 heavy (non-hydrogen) atoms. The molecule has 1 aromatic carbocycles. The second-order valence-electron chi connectivity index (χ2n) is 7.03. The molecule has 1 fully saturated rings. The van der Waals surface area contributed by atoms with Gasteiger partial charge in [-0.3, -0.25) is 4.99 Å². The Kier molecular flexibility index (Phi) is 7.67. The molecule has 0 amide bonds. The molecule has 0 spiro atoms. The highest BCUT2D eigenvalue weighted by Gasteiger charge is 2.16. The monoisotopic (exact) mass is 380 g/mol. The zero-order chi connectivity index (χ0) is 19.6. The van der Waals surface area contributed by atoms with E-state index in [2.05, 4.69) is 73.7 Å². The number of likely N-dealkylation sites (N-methyl/N-ethyl adjacent to an activating group) is 1. The summed E-state index contributed by atoms with van der Waals surface area (Å²) < 4.78 is 0. The van der Waals surface area contributed by atoms with Crippen molar-refractivity contribution in [2.45, 2.75) is 19.9 Å². The number of aromatic nitrogens is 1. The molecule has 1 aliphatic rings. The van der Waals surface area contributed by atoms with Crippen LogP contribution >= 0.6 is 0 Å². The van der Waals surface area contributed by atoms with Gasteiger partial charge < -0.3 is 20.4 Å². The first-order valence-corrected chi connectivity index (χ1v) is 10.2. The highest BCUT2D eigenvalue weighted by atomic mass is 15.3. The predicted octanol–water partition coefficient (Wildman–Crippen LogP) is 2.13. The van der Waals surface area contributed by atoms with Crippen LogP contribution in [0.25, 0.3) is 0 Å². The number of pyridine rings is 1. The van der Waals surface area contributed by atoms with Gasteiger partial charge in [-0.25, -0.2) is 4.98 Å². The summed E-state index contributed by atoms with van der Waals surface area (Å²) in [5.41, 5.74) is 2.54. The summed E-state index contributed by atoms with van der Waals surface area (Å²) in [5, 5.41) is 6.79. The van der Waals surface area contributed by atoms with Gasteiger partial charge in [0.2, 0.25) is 0 Å². The Bertz CT molecular complexity index is 738. The van der Waals surface area contributed by atoms with Crippen molar-refractivity contribution in [3.63, 3.8) is 0 Å². The molecule has 0 unspecified atom stereocenters. The van der Waals surface area contributed by atoms with Gasteiger partial charge in [0, 0.05) is 52.5 Å². The van der Waals surface area contributed by atoms with E-state index in [1.54, 1.807) is 0 Å². The van der Waals surface area contributed by atoms with E-state index in [0.717, 1.165) is 64.0 Å². The number of guanidine groups is 1. The Morgan fingerprint density at radius 3 is 2.54 bits per heavy atom. The minimum Gasteiger partial charge on any atom is -0.356 e. The SMILES string of the molecule is CCN1CCN(c2cc(CNC(=NC)NCCc3ccccc3)ccn2)CC1. The molecule has 0 aliphatic carbocycles. The summed E-state index contributed by atoms with van der Waals surface area (Å²) in [6.45, 7) is 9.24. The van der Waals surface area contributed by atoms with Gasteiger partial charge in [0.1, 0.15) is 5.82 Å². The highest BCUT2D eigenvalue weighted by molar-refractivity contribution is 5.79. The smallest absolute Gasteiger partial charge is 0.191 e. The quantitative estimate of drug-likeness (QED) is 0.569. The van der Waals surface area contributed by atoms with Gasteiger partial charge in [-0.15, -0.1) is 0 Å².